The van der Waals surface area contributed by atoms with E-state index in [1.54, 1.807) is 4.90 Å². The maximum atomic E-state index is 12.4. The molecule has 2 rings (SSSR count). The maximum Gasteiger partial charge on any atom is 0.330 e. The van der Waals surface area contributed by atoms with Gasteiger partial charge in [-0.25, -0.2) is 4.79 Å². The molecular formula is C20H29N5O3. The zero-order valence-corrected chi connectivity index (χ0v) is 16.7. The van der Waals surface area contributed by atoms with Crippen molar-refractivity contribution in [2.75, 3.05) is 23.7 Å². The standard InChI is InChI=1S/C20H29N5O3/c1-4-9-14(3)22-16(26)13-24(5-2)17-18(21)25(20(28)23-19(17)27)12-15-10-7-6-8-11-15/h6-8,10-11,14H,4-5,9,12-13,21H2,1-3H3,(H,22,26)(H,23,27,28). The summed E-state index contributed by atoms with van der Waals surface area (Å²) in [6, 6.07) is 9.41. The predicted molar refractivity (Wildman–Crippen MR) is 112 cm³/mol. The number of carbonyl (C=O) groups is 1. The average Bonchev–Trinajstić information content (AvgIpc) is 2.65. The molecule has 0 fully saturated rings. The molecule has 1 unspecified atom stereocenters. The smallest absolute Gasteiger partial charge is 0.330 e. The molecular weight excluding hydrogens is 358 g/mol. The summed E-state index contributed by atoms with van der Waals surface area (Å²) in [6.45, 7) is 6.44. The van der Waals surface area contributed by atoms with Crippen LogP contribution in [0.4, 0.5) is 11.5 Å². The Morgan fingerprint density at radius 2 is 1.93 bits per heavy atom. The molecule has 8 heteroatoms. The number of aromatic amines is 1. The minimum atomic E-state index is -0.594. The monoisotopic (exact) mass is 387 g/mol. The second-order valence-corrected chi connectivity index (χ2v) is 6.84. The van der Waals surface area contributed by atoms with Gasteiger partial charge in [0.25, 0.3) is 5.56 Å². The van der Waals surface area contributed by atoms with Crippen LogP contribution in [0.15, 0.2) is 39.9 Å². The van der Waals surface area contributed by atoms with Crippen LogP contribution in [0.2, 0.25) is 0 Å². The van der Waals surface area contributed by atoms with Crippen LogP contribution in [0.1, 0.15) is 39.2 Å². The number of aromatic nitrogens is 2. The average molecular weight is 387 g/mol. The van der Waals surface area contributed by atoms with Gasteiger partial charge in [-0.2, -0.15) is 0 Å². The van der Waals surface area contributed by atoms with E-state index in [9.17, 15) is 14.4 Å². The zero-order valence-electron chi connectivity index (χ0n) is 16.7. The van der Waals surface area contributed by atoms with Crippen LogP contribution in [0.5, 0.6) is 0 Å². The molecule has 28 heavy (non-hydrogen) atoms. The van der Waals surface area contributed by atoms with Crippen LogP contribution in [0, 0.1) is 0 Å². The molecule has 0 saturated heterocycles. The van der Waals surface area contributed by atoms with Crippen molar-refractivity contribution in [3.05, 3.63) is 56.7 Å². The van der Waals surface area contributed by atoms with Gasteiger partial charge in [0, 0.05) is 12.6 Å². The summed E-state index contributed by atoms with van der Waals surface area (Å²) < 4.78 is 1.31. The van der Waals surface area contributed by atoms with Crippen molar-refractivity contribution < 1.29 is 4.79 Å². The van der Waals surface area contributed by atoms with Gasteiger partial charge >= 0.3 is 5.69 Å². The van der Waals surface area contributed by atoms with Gasteiger partial charge in [-0.05, 0) is 25.8 Å². The first-order valence-corrected chi connectivity index (χ1v) is 9.58. The number of hydrogen-bond donors (Lipinski definition) is 3. The fourth-order valence-corrected chi connectivity index (χ4v) is 3.15. The molecule has 1 amide bonds. The Labute approximate surface area is 164 Å². The van der Waals surface area contributed by atoms with Gasteiger partial charge in [0.1, 0.15) is 11.5 Å². The van der Waals surface area contributed by atoms with Crippen LogP contribution in [-0.4, -0.2) is 34.6 Å². The fraction of sp³-hybridized carbons (Fsp3) is 0.450. The third-order valence-corrected chi connectivity index (χ3v) is 4.56. The van der Waals surface area contributed by atoms with E-state index in [1.807, 2.05) is 44.2 Å². The van der Waals surface area contributed by atoms with Crippen molar-refractivity contribution in [2.24, 2.45) is 0 Å². The second-order valence-electron chi connectivity index (χ2n) is 6.84. The number of amides is 1. The Hall–Kier alpha value is -3.03. The van der Waals surface area contributed by atoms with E-state index in [-0.39, 0.29) is 36.5 Å². The highest BCUT2D eigenvalue weighted by Crippen LogP contribution is 2.17. The summed E-state index contributed by atoms with van der Waals surface area (Å²) in [6.07, 6.45) is 1.85. The van der Waals surface area contributed by atoms with E-state index in [0.717, 1.165) is 18.4 Å². The summed E-state index contributed by atoms with van der Waals surface area (Å²) in [5.74, 6) is -0.142. The Balaban J connectivity index is 2.32. The van der Waals surface area contributed by atoms with Crippen LogP contribution in [-0.2, 0) is 11.3 Å². The first-order chi connectivity index (χ1) is 13.4. The van der Waals surface area contributed by atoms with Crippen LogP contribution in [0.3, 0.4) is 0 Å². The van der Waals surface area contributed by atoms with Gasteiger partial charge in [-0.15, -0.1) is 0 Å². The number of nitrogens with two attached hydrogens (primary N) is 1. The van der Waals surface area contributed by atoms with Crippen molar-refractivity contribution in [3.8, 4) is 0 Å². The number of anilines is 2. The molecule has 0 saturated carbocycles. The molecule has 0 radical (unpaired) electrons. The third kappa shape index (κ3) is 5.25. The number of H-pyrrole nitrogens is 1. The topological polar surface area (TPSA) is 113 Å². The molecule has 1 heterocycles. The lowest BCUT2D eigenvalue weighted by Gasteiger charge is -2.25. The van der Waals surface area contributed by atoms with Crippen molar-refractivity contribution in [1.82, 2.24) is 14.9 Å². The lowest BCUT2D eigenvalue weighted by atomic mass is 10.2. The van der Waals surface area contributed by atoms with Gasteiger partial charge in [-0.3, -0.25) is 19.1 Å². The van der Waals surface area contributed by atoms with Crippen molar-refractivity contribution >= 4 is 17.4 Å². The SMILES string of the molecule is CCCC(C)NC(=O)CN(CC)c1c(N)n(Cc2ccccc2)c(=O)[nH]c1=O. The summed E-state index contributed by atoms with van der Waals surface area (Å²) in [5, 5.41) is 2.92. The number of hydrogen-bond acceptors (Lipinski definition) is 5. The van der Waals surface area contributed by atoms with Crippen molar-refractivity contribution in [2.45, 2.75) is 46.2 Å². The van der Waals surface area contributed by atoms with Gasteiger partial charge < -0.3 is 16.0 Å². The first kappa shape index (κ1) is 21.3. The molecule has 4 N–H and O–H groups in total. The third-order valence-electron chi connectivity index (χ3n) is 4.56. The van der Waals surface area contributed by atoms with Gasteiger partial charge in [-0.1, -0.05) is 43.7 Å². The fourth-order valence-electron chi connectivity index (χ4n) is 3.15. The summed E-state index contributed by atoms with van der Waals surface area (Å²) >= 11 is 0. The van der Waals surface area contributed by atoms with E-state index in [1.165, 1.54) is 4.57 Å². The van der Waals surface area contributed by atoms with E-state index in [0.29, 0.717) is 6.54 Å². The van der Waals surface area contributed by atoms with Crippen molar-refractivity contribution in [3.63, 3.8) is 0 Å². The summed E-state index contributed by atoms with van der Waals surface area (Å²) in [5.41, 5.74) is 6.05. The van der Waals surface area contributed by atoms with Crippen molar-refractivity contribution in [1.29, 1.82) is 0 Å². The lowest BCUT2D eigenvalue weighted by Crippen LogP contribution is -2.44. The molecule has 0 aliphatic rings. The molecule has 8 nitrogen and oxygen atoms in total. The van der Waals surface area contributed by atoms with Gasteiger partial charge in [0.15, 0.2) is 0 Å². The molecule has 1 aromatic carbocycles. The van der Waals surface area contributed by atoms with E-state index < -0.39 is 11.2 Å². The van der Waals surface area contributed by atoms with Gasteiger partial charge in [0.2, 0.25) is 5.91 Å². The summed E-state index contributed by atoms with van der Waals surface area (Å²) in [7, 11) is 0. The number of benzene rings is 1. The Bertz CT molecular complexity index is 904. The number of carbonyl (C=O) groups excluding carboxylic acids is 1. The molecule has 0 aliphatic heterocycles. The van der Waals surface area contributed by atoms with E-state index >= 15 is 0 Å². The number of nitrogens with one attached hydrogen (secondary N) is 2. The van der Waals surface area contributed by atoms with Crippen LogP contribution in [0.25, 0.3) is 0 Å². The van der Waals surface area contributed by atoms with E-state index in [4.69, 9.17) is 5.73 Å². The zero-order chi connectivity index (χ0) is 20.7. The Morgan fingerprint density at radius 1 is 1.25 bits per heavy atom. The van der Waals surface area contributed by atoms with Gasteiger partial charge in [0.05, 0.1) is 13.1 Å². The molecule has 152 valence electrons. The largest absolute Gasteiger partial charge is 0.383 e. The molecule has 1 aromatic heterocycles. The molecule has 0 aliphatic carbocycles. The maximum absolute atomic E-state index is 12.4. The molecule has 1 atom stereocenters. The quantitative estimate of drug-likeness (QED) is 0.600. The Morgan fingerprint density at radius 3 is 2.54 bits per heavy atom. The number of likely N-dealkylation sites (N-methyl/N-ethyl adjacent to an activating group) is 1. The minimum absolute atomic E-state index is 0.0125. The molecule has 2 aromatic rings. The Kier molecular flexibility index (Phi) is 7.43. The summed E-state index contributed by atoms with van der Waals surface area (Å²) in [4.78, 5) is 41.0. The molecule has 0 spiro atoms. The first-order valence-electron chi connectivity index (χ1n) is 9.58. The normalized spacial score (nSPS) is 11.8. The lowest BCUT2D eigenvalue weighted by molar-refractivity contribution is -0.120. The number of rotatable bonds is 9. The highest BCUT2D eigenvalue weighted by atomic mass is 16.2. The second kappa shape index (κ2) is 9.77. The minimum Gasteiger partial charge on any atom is -0.383 e. The molecule has 0 bridgehead atoms. The van der Waals surface area contributed by atoms with Crippen LogP contribution >= 0.6 is 0 Å². The predicted octanol–water partition coefficient (Wildman–Crippen LogP) is 1.30. The van der Waals surface area contributed by atoms with E-state index in [2.05, 4.69) is 17.2 Å². The van der Waals surface area contributed by atoms with Crippen LogP contribution < -0.4 is 27.2 Å². The number of nitrogen functional groups attached to an aromatic ring is 1. The number of nitrogens with zero attached hydrogens (tertiary/aromatic N) is 2. The highest BCUT2D eigenvalue weighted by molar-refractivity contribution is 5.82. The highest BCUT2D eigenvalue weighted by Gasteiger charge is 2.20.